The fourth-order valence-electron chi connectivity index (χ4n) is 1.71. The fraction of sp³-hybridized carbons (Fsp3) is 0.375. The van der Waals surface area contributed by atoms with Crippen molar-refractivity contribution >= 4 is 11.9 Å². The van der Waals surface area contributed by atoms with E-state index in [2.05, 4.69) is 17.2 Å². The van der Waals surface area contributed by atoms with Crippen LogP contribution in [0.2, 0.25) is 0 Å². The number of amides is 1. The lowest BCUT2D eigenvalue weighted by atomic mass is 10.0. The number of carbonyl (C=O) groups is 2. The summed E-state index contributed by atoms with van der Waals surface area (Å²) in [7, 11) is 0. The molecular weight excluding hydrogens is 268 g/mol. The SMILES string of the molecule is CCOC(=O)C(C)NC(=O)c1ccc(C)cc1C#CCN. The lowest BCUT2D eigenvalue weighted by molar-refractivity contribution is -0.144. The van der Waals surface area contributed by atoms with Crippen LogP contribution in [-0.4, -0.2) is 31.1 Å². The third kappa shape index (κ3) is 4.93. The largest absolute Gasteiger partial charge is 0.464 e. The summed E-state index contributed by atoms with van der Waals surface area (Å²) in [5.74, 6) is 4.77. The molecule has 5 heteroatoms. The van der Waals surface area contributed by atoms with Crippen molar-refractivity contribution in [3.63, 3.8) is 0 Å². The molecule has 1 unspecified atom stereocenters. The summed E-state index contributed by atoms with van der Waals surface area (Å²) in [5.41, 5.74) is 7.36. The molecular formula is C16H20N2O3. The van der Waals surface area contributed by atoms with Gasteiger partial charge in [-0.2, -0.15) is 0 Å². The van der Waals surface area contributed by atoms with Crippen LogP contribution in [0.1, 0.15) is 35.3 Å². The van der Waals surface area contributed by atoms with Gasteiger partial charge in [0.05, 0.1) is 18.7 Å². The molecule has 0 saturated carbocycles. The van der Waals surface area contributed by atoms with Gasteiger partial charge in [-0.25, -0.2) is 4.79 Å². The monoisotopic (exact) mass is 288 g/mol. The van der Waals surface area contributed by atoms with Crippen molar-refractivity contribution in [2.24, 2.45) is 5.73 Å². The Kier molecular flexibility index (Phi) is 6.44. The molecule has 1 aromatic carbocycles. The summed E-state index contributed by atoms with van der Waals surface area (Å²) in [4.78, 5) is 23.8. The van der Waals surface area contributed by atoms with Gasteiger partial charge in [-0.05, 0) is 38.5 Å². The molecule has 1 atom stereocenters. The van der Waals surface area contributed by atoms with Crippen molar-refractivity contribution in [1.82, 2.24) is 5.32 Å². The molecule has 5 nitrogen and oxygen atoms in total. The summed E-state index contributed by atoms with van der Waals surface area (Å²) >= 11 is 0. The Morgan fingerprint density at radius 1 is 1.43 bits per heavy atom. The second-order valence-electron chi connectivity index (χ2n) is 4.50. The molecule has 112 valence electrons. The van der Waals surface area contributed by atoms with Gasteiger partial charge in [-0.1, -0.05) is 17.9 Å². The van der Waals surface area contributed by atoms with Gasteiger partial charge in [0.15, 0.2) is 0 Å². The van der Waals surface area contributed by atoms with Gasteiger partial charge >= 0.3 is 5.97 Å². The van der Waals surface area contributed by atoms with Gasteiger partial charge in [0, 0.05) is 5.56 Å². The molecule has 0 aliphatic heterocycles. The van der Waals surface area contributed by atoms with Crippen LogP contribution in [0.3, 0.4) is 0 Å². The van der Waals surface area contributed by atoms with Gasteiger partial charge < -0.3 is 15.8 Å². The van der Waals surface area contributed by atoms with Gasteiger partial charge in [-0.15, -0.1) is 0 Å². The fourth-order valence-corrected chi connectivity index (χ4v) is 1.71. The summed E-state index contributed by atoms with van der Waals surface area (Å²) < 4.78 is 4.86. The van der Waals surface area contributed by atoms with Gasteiger partial charge in [0.25, 0.3) is 5.91 Å². The van der Waals surface area contributed by atoms with Gasteiger partial charge in [0.2, 0.25) is 0 Å². The first-order valence-electron chi connectivity index (χ1n) is 6.76. The Morgan fingerprint density at radius 3 is 2.76 bits per heavy atom. The smallest absolute Gasteiger partial charge is 0.328 e. The molecule has 1 aromatic rings. The van der Waals surface area contributed by atoms with Crippen LogP contribution in [0, 0.1) is 18.8 Å². The lowest BCUT2D eigenvalue weighted by Crippen LogP contribution is -2.39. The average Bonchev–Trinajstić information content (AvgIpc) is 2.45. The summed E-state index contributed by atoms with van der Waals surface area (Å²) in [5, 5.41) is 2.60. The van der Waals surface area contributed by atoms with Crippen molar-refractivity contribution in [3.8, 4) is 11.8 Å². The number of carbonyl (C=O) groups excluding carboxylic acids is 2. The zero-order valence-electron chi connectivity index (χ0n) is 12.5. The standard InChI is InChI=1S/C16H20N2O3/c1-4-21-16(20)12(3)18-15(19)14-8-7-11(2)10-13(14)6-5-9-17/h7-8,10,12H,4,9,17H2,1-3H3,(H,18,19). The molecule has 0 aliphatic carbocycles. The molecule has 1 amide bonds. The van der Waals surface area contributed by atoms with E-state index in [1.165, 1.54) is 0 Å². The summed E-state index contributed by atoms with van der Waals surface area (Å²) in [6.45, 7) is 5.70. The third-order valence-corrected chi connectivity index (χ3v) is 2.73. The van der Waals surface area contributed by atoms with E-state index in [4.69, 9.17) is 10.5 Å². The van der Waals surface area contributed by atoms with Crippen LogP contribution in [0.5, 0.6) is 0 Å². The van der Waals surface area contributed by atoms with Crippen LogP contribution in [0.4, 0.5) is 0 Å². The molecule has 0 radical (unpaired) electrons. The summed E-state index contributed by atoms with van der Waals surface area (Å²) in [6.07, 6.45) is 0. The number of rotatable bonds is 4. The second-order valence-corrected chi connectivity index (χ2v) is 4.50. The van der Waals surface area contributed by atoms with Crippen LogP contribution >= 0.6 is 0 Å². The number of benzene rings is 1. The third-order valence-electron chi connectivity index (χ3n) is 2.73. The van der Waals surface area contributed by atoms with Crippen LogP contribution in [0.15, 0.2) is 18.2 Å². The predicted octanol–water partition coefficient (Wildman–Crippen LogP) is 0.987. The molecule has 0 spiro atoms. The number of nitrogens with one attached hydrogen (secondary N) is 1. The molecule has 0 heterocycles. The number of aryl methyl sites for hydroxylation is 1. The van der Waals surface area contributed by atoms with Crippen LogP contribution in [-0.2, 0) is 9.53 Å². The van der Waals surface area contributed by atoms with Gasteiger partial charge in [-0.3, -0.25) is 4.79 Å². The van der Waals surface area contributed by atoms with E-state index in [-0.39, 0.29) is 19.1 Å². The Morgan fingerprint density at radius 2 is 2.14 bits per heavy atom. The molecule has 0 fully saturated rings. The Balaban J connectivity index is 2.94. The zero-order valence-corrected chi connectivity index (χ0v) is 12.5. The molecule has 0 aliphatic rings. The minimum atomic E-state index is -0.714. The average molecular weight is 288 g/mol. The summed E-state index contributed by atoms with van der Waals surface area (Å²) in [6, 6.07) is 4.60. The van der Waals surface area contributed by atoms with E-state index in [0.717, 1.165) is 5.56 Å². The topological polar surface area (TPSA) is 81.4 Å². The molecule has 21 heavy (non-hydrogen) atoms. The maximum absolute atomic E-state index is 12.2. The second kappa shape index (κ2) is 8.08. The van der Waals surface area contributed by atoms with E-state index >= 15 is 0 Å². The van der Waals surface area contributed by atoms with Crippen molar-refractivity contribution in [3.05, 3.63) is 34.9 Å². The highest BCUT2D eigenvalue weighted by Gasteiger charge is 2.19. The van der Waals surface area contributed by atoms with Crippen molar-refractivity contribution in [2.45, 2.75) is 26.8 Å². The highest BCUT2D eigenvalue weighted by molar-refractivity contribution is 5.98. The molecule has 0 bridgehead atoms. The van der Waals surface area contributed by atoms with Crippen LogP contribution in [0.25, 0.3) is 0 Å². The van der Waals surface area contributed by atoms with E-state index in [0.29, 0.717) is 11.1 Å². The van der Waals surface area contributed by atoms with E-state index in [9.17, 15) is 9.59 Å². The van der Waals surface area contributed by atoms with Crippen molar-refractivity contribution < 1.29 is 14.3 Å². The minimum Gasteiger partial charge on any atom is -0.464 e. The minimum absolute atomic E-state index is 0.216. The maximum Gasteiger partial charge on any atom is 0.328 e. The first-order chi connectivity index (χ1) is 9.99. The molecule has 0 aromatic heterocycles. The van der Waals surface area contributed by atoms with Crippen molar-refractivity contribution in [2.75, 3.05) is 13.2 Å². The van der Waals surface area contributed by atoms with Crippen LogP contribution < -0.4 is 11.1 Å². The normalized spacial score (nSPS) is 11.0. The number of esters is 1. The van der Waals surface area contributed by atoms with Gasteiger partial charge in [0.1, 0.15) is 6.04 Å². The Bertz CT molecular complexity index is 585. The lowest BCUT2D eigenvalue weighted by Gasteiger charge is -2.13. The zero-order chi connectivity index (χ0) is 15.8. The first-order valence-corrected chi connectivity index (χ1v) is 6.76. The van der Waals surface area contributed by atoms with E-state index in [1.807, 2.05) is 19.1 Å². The number of nitrogens with two attached hydrogens (primary N) is 1. The molecule has 3 N–H and O–H groups in total. The van der Waals surface area contributed by atoms with E-state index in [1.54, 1.807) is 19.9 Å². The number of ether oxygens (including phenoxy) is 1. The predicted molar refractivity (Wildman–Crippen MR) is 80.7 cm³/mol. The highest BCUT2D eigenvalue weighted by atomic mass is 16.5. The highest BCUT2D eigenvalue weighted by Crippen LogP contribution is 2.11. The Labute approximate surface area is 124 Å². The first kappa shape index (κ1) is 16.7. The molecule has 1 rings (SSSR count). The maximum atomic E-state index is 12.2. The van der Waals surface area contributed by atoms with Crippen molar-refractivity contribution in [1.29, 1.82) is 0 Å². The Hall–Kier alpha value is -2.32. The van der Waals surface area contributed by atoms with E-state index < -0.39 is 12.0 Å². The number of hydrogen-bond acceptors (Lipinski definition) is 4. The number of hydrogen-bond donors (Lipinski definition) is 2. The molecule has 0 saturated heterocycles. The quantitative estimate of drug-likeness (QED) is 0.639.